The molecule has 1 fully saturated rings. The number of piperidine rings is 1. The number of hydrogen-bond acceptors (Lipinski definition) is 4. The van der Waals surface area contributed by atoms with E-state index in [1.807, 2.05) is 12.1 Å². The molecule has 1 atom stereocenters. The van der Waals surface area contributed by atoms with Crippen LogP contribution in [0.15, 0.2) is 18.2 Å². The molecule has 22 heavy (non-hydrogen) atoms. The minimum atomic E-state index is 0.0549. The monoisotopic (exact) mass is 303 g/mol. The number of amides is 1. The van der Waals surface area contributed by atoms with Crippen LogP contribution in [0, 0.1) is 0 Å². The molecule has 1 aromatic carbocycles. The number of likely N-dealkylation sites (tertiary alicyclic amines) is 1. The highest BCUT2D eigenvalue weighted by atomic mass is 16.3. The van der Waals surface area contributed by atoms with Gasteiger partial charge in [-0.3, -0.25) is 9.69 Å². The maximum Gasteiger partial charge on any atom is 0.208 e. The highest BCUT2D eigenvalue weighted by Crippen LogP contribution is 2.25. The average Bonchev–Trinajstić information content (AvgIpc) is 2.54. The summed E-state index contributed by atoms with van der Waals surface area (Å²) in [7, 11) is 0. The number of carbonyl (C=O) groups is 1. The summed E-state index contributed by atoms with van der Waals surface area (Å²) in [4.78, 5) is 15.7. The molecule has 1 saturated heterocycles. The molecule has 2 heterocycles. The van der Waals surface area contributed by atoms with Crippen LogP contribution in [0.25, 0.3) is 0 Å². The molecule has 1 unspecified atom stereocenters. The lowest BCUT2D eigenvalue weighted by molar-refractivity contribution is -0.111. The fourth-order valence-electron chi connectivity index (χ4n) is 3.56. The third-order valence-electron chi connectivity index (χ3n) is 4.83. The molecule has 1 amide bonds. The molecule has 5 nitrogen and oxygen atoms in total. The van der Waals surface area contributed by atoms with Gasteiger partial charge >= 0.3 is 0 Å². The van der Waals surface area contributed by atoms with Gasteiger partial charge in [0.05, 0.1) is 6.17 Å². The Morgan fingerprint density at radius 1 is 1.18 bits per heavy atom. The van der Waals surface area contributed by atoms with Crippen molar-refractivity contribution in [3.05, 3.63) is 29.3 Å². The first-order chi connectivity index (χ1) is 10.8. The van der Waals surface area contributed by atoms with E-state index in [0.29, 0.717) is 5.75 Å². The first-order valence-electron chi connectivity index (χ1n) is 8.23. The minimum Gasteiger partial charge on any atom is -0.508 e. The fourth-order valence-corrected chi connectivity index (χ4v) is 3.56. The van der Waals surface area contributed by atoms with Crippen molar-refractivity contribution in [3.8, 4) is 5.75 Å². The van der Waals surface area contributed by atoms with Gasteiger partial charge in [-0.1, -0.05) is 12.5 Å². The van der Waals surface area contributed by atoms with Crippen LogP contribution >= 0.6 is 0 Å². The third-order valence-corrected chi connectivity index (χ3v) is 4.83. The molecule has 2 aliphatic rings. The summed E-state index contributed by atoms with van der Waals surface area (Å²) in [6, 6.07) is 5.53. The molecular weight excluding hydrogens is 278 g/mol. The molecule has 0 spiro atoms. The zero-order valence-corrected chi connectivity index (χ0v) is 13.0. The fraction of sp³-hybridized carbons (Fsp3) is 0.588. The summed E-state index contributed by atoms with van der Waals surface area (Å²) in [5.74, 6) is 0.316. The van der Waals surface area contributed by atoms with Gasteiger partial charge < -0.3 is 15.3 Å². The van der Waals surface area contributed by atoms with Crippen molar-refractivity contribution in [2.75, 3.05) is 26.2 Å². The first kappa shape index (κ1) is 15.3. The van der Waals surface area contributed by atoms with Gasteiger partial charge in [-0.15, -0.1) is 0 Å². The largest absolute Gasteiger partial charge is 0.508 e. The average molecular weight is 303 g/mol. The van der Waals surface area contributed by atoms with Crippen molar-refractivity contribution in [2.24, 2.45) is 0 Å². The van der Waals surface area contributed by atoms with Crippen molar-refractivity contribution >= 4 is 6.41 Å². The summed E-state index contributed by atoms with van der Waals surface area (Å²) < 4.78 is 0. The summed E-state index contributed by atoms with van der Waals surface area (Å²) >= 11 is 0. The highest BCUT2D eigenvalue weighted by molar-refractivity contribution is 5.47. The van der Waals surface area contributed by atoms with Crippen LogP contribution in [0.4, 0.5) is 0 Å². The number of aromatic hydroxyl groups is 1. The van der Waals surface area contributed by atoms with Crippen molar-refractivity contribution in [1.82, 2.24) is 15.1 Å². The number of phenols is 1. The Morgan fingerprint density at radius 2 is 2.00 bits per heavy atom. The lowest BCUT2D eigenvalue weighted by Gasteiger charge is -2.38. The van der Waals surface area contributed by atoms with Gasteiger partial charge in [-0.2, -0.15) is 0 Å². The predicted molar refractivity (Wildman–Crippen MR) is 85.5 cm³/mol. The van der Waals surface area contributed by atoms with Gasteiger partial charge in [0.2, 0.25) is 6.41 Å². The molecule has 2 aliphatic heterocycles. The van der Waals surface area contributed by atoms with Gasteiger partial charge in [0, 0.05) is 26.1 Å². The number of phenolic OH excluding ortho intramolecular Hbond substituents is 1. The van der Waals surface area contributed by atoms with Gasteiger partial charge in [-0.05, 0) is 49.2 Å². The van der Waals surface area contributed by atoms with E-state index < -0.39 is 0 Å². The molecule has 0 aromatic heterocycles. The molecule has 2 N–H and O–H groups in total. The van der Waals surface area contributed by atoms with Crippen LogP contribution in [0.1, 0.15) is 30.4 Å². The second-order valence-electron chi connectivity index (χ2n) is 6.33. The van der Waals surface area contributed by atoms with Crippen molar-refractivity contribution in [3.63, 3.8) is 0 Å². The van der Waals surface area contributed by atoms with Gasteiger partial charge in [0.25, 0.3) is 0 Å². The molecule has 0 bridgehead atoms. The smallest absolute Gasteiger partial charge is 0.208 e. The number of rotatable bonds is 5. The van der Waals surface area contributed by atoms with E-state index in [2.05, 4.69) is 15.1 Å². The molecule has 0 saturated carbocycles. The van der Waals surface area contributed by atoms with Crippen LogP contribution < -0.4 is 5.32 Å². The van der Waals surface area contributed by atoms with E-state index in [1.54, 1.807) is 6.07 Å². The zero-order chi connectivity index (χ0) is 15.4. The van der Waals surface area contributed by atoms with Crippen molar-refractivity contribution in [2.45, 2.75) is 38.4 Å². The van der Waals surface area contributed by atoms with Crippen LogP contribution in [0.5, 0.6) is 5.75 Å². The summed E-state index contributed by atoms with van der Waals surface area (Å²) in [5.41, 5.74) is 2.38. The molecule has 5 heteroatoms. The third kappa shape index (κ3) is 3.59. The van der Waals surface area contributed by atoms with E-state index in [9.17, 15) is 9.90 Å². The zero-order valence-electron chi connectivity index (χ0n) is 13.0. The number of benzene rings is 1. The van der Waals surface area contributed by atoms with Gasteiger partial charge in [0.15, 0.2) is 0 Å². The second kappa shape index (κ2) is 7.11. The van der Waals surface area contributed by atoms with Crippen LogP contribution in [-0.4, -0.2) is 53.7 Å². The lowest BCUT2D eigenvalue weighted by atomic mass is 9.97. The SMILES string of the molecule is O=CNC1Cc2ccc(O)cc2CN1CCN1CCCCC1. The predicted octanol–water partition coefficient (Wildman–Crippen LogP) is 1.31. The van der Waals surface area contributed by atoms with E-state index >= 15 is 0 Å². The summed E-state index contributed by atoms with van der Waals surface area (Å²) in [6.45, 7) is 5.16. The quantitative estimate of drug-likeness (QED) is 0.805. The minimum absolute atomic E-state index is 0.0549. The highest BCUT2D eigenvalue weighted by Gasteiger charge is 2.26. The first-order valence-corrected chi connectivity index (χ1v) is 8.23. The number of nitrogens with zero attached hydrogens (tertiary/aromatic N) is 2. The molecule has 120 valence electrons. The van der Waals surface area contributed by atoms with Crippen molar-refractivity contribution < 1.29 is 9.90 Å². The molecular formula is C17H25N3O2. The Morgan fingerprint density at radius 3 is 2.77 bits per heavy atom. The Bertz CT molecular complexity index is 515. The Kier molecular flexibility index (Phi) is 4.95. The second-order valence-corrected chi connectivity index (χ2v) is 6.33. The van der Waals surface area contributed by atoms with E-state index in [0.717, 1.165) is 32.5 Å². The van der Waals surface area contributed by atoms with Crippen LogP contribution in [0.3, 0.4) is 0 Å². The normalized spacial score (nSPS) is 23.0. The number of carbonyl (C=O) groups excluding carboxylic acids is 1. The molecule has 0 aliphatic carbocycles. The van der Waals surface area contributed by atoms with Crippen LogP contribution in [-0.2, 0) is 17.8 Å². The molecule has 0 radical (unpaired) electrons. The topological polar surface area (TPSA) is 55.8 Å². The van der Waals surface area contributed by atoms with Crippen LogP contribution in [0.2, 0.25) is 0 Å². The lowest BCUT2D eigenvalue weighted by Crippen LogP contribution is -2.51. The summed E-state index contributed by atoms with van der Waals surface area (Å²) in [5, 5.41) is 12.6. The van der Waals surface area contributed by atoms with Crippen molar-refractivity contribution in [1.29, 1.82) is 0 Å². The van der Waals surface area contributed by atoms with Gasteiger partial charge in [0.1, 0.15) is 5.75 Å². The molecule has 3 rings (SSSR count). The maximum absolute atomic E-state index is 10.9. The Hall–Kier alpha value is -1.59. The molecule has 1 aromatic rings. The number of hydrogen-bond donors (Lipinski definition) is 2. The van der Waals surface area contributed by atoms with Gasteiger partial charge in [-0.25, -0.2) is 0 Å². The number of nitrogens with one attached hydrogen (secondary N) is 1. The number of fused-ring (bicyclic) bond motifs is 1. The Balaban J connectivity index is 1.66. The van der Waals surface area contributed by atoms with E-state index in [4.69, 9.17) is 0 Å². The Labute approximate surface area is 131 Å². The maximum atomic E-state index is 10.9. The standard InChI is InChI=1S/C17H25N3O2/c21-13-18-17-11-14-4-5-16(22)10-15(14)12-20(17)9-8-19-6-2-1-3-7-19/h4-5,10,13,17,22H,1-3,6-9,11-12H2,(H,18,21). The van der Waals surface area contributed by atoms with E-state index in [1.165, 1.54) is 43.5 Å². The van der Waals surface area contributed by atoms with E-state index in [-0.39, 0.29) is 6.17 Å². The summed E-state index contributed by atoms with van der Waals surface area (Å²) in [6.07, 6.45) is 5.60.